The molecule has 1 aliphatic rings. The Labute approximate surface area is 104 Å². The fraction of sp³-hybridized carbons (Fsp3) is 0.500. The Balaban J connectivity index is 2.08. The third-order valence-electron chi connectivity index (χ3n) is 2.84. The summed E-state index contributed by atoms with van der Waals surface area (Å²) in [6.07, 6.45) is -6.28. The monoisotopic (exact) mass is 256 g/mol. The molecule has 1 saturated heterocycles. The standard InChI is InChI=1S/C12H16O6/c13-6-8-9(14)10(15)11(16)12(18-8)17-7-4-2-1-3-5-7/h1-5,8-16H,6H2/t8-,9?,10?,11-,12-/m1/s1. The van der Waals surface area contributed by atoms with Gasteiger partial charge >= 0.3 is 0 Å². The number of ether oxygens (including phenoxy) is 2. The molecule has 1 aromatic carbocycles. The van der Waals surface area contributed by atoms with E-state index < -0.39 is 37.3 Å². The van der Waals surface area contributed by atoms with Crippen LogP contribution in [0.5, 0.6) is 5.75 Å². The summed E-state index contributed by atoms with van der Waals surface area (Å²) >= 11 is 0. The van der Waals surface area contributed by atoms with Crippen molar-refractivity contribution < 1.29 is 29.9 Å². The Morgan fingerprint density at radius 3 is 2.28 bits per heavy atom. The summed E-state index contributed by atoms with van der Waals surface area (Å²) in [5, 5.41) is 37.9. The zero-order chi connectivity index (χ0) is 13.1. The van der Waals surface area contributed by atoms with Gasteiger partial charge in [0, 0.05) is 0 Å². The van der Waals surface area contributed by atoms with Crippen molar-refractivity contribution in [3.05, 3.63) is 30.3 Å². The van der Waals surface area contributed by atoms with Crippen LogP contribution in [-0.4, -0.2) is 57.7 Å². The highest BCUT2D eigenvalue weighted by molar-refractivity contribution is 5.21. The minimum atomic E-state index is -1.43. The van der Waals surface area contributed by atoms with Crippen LogP contribution in [0.15, 0.2) is 30.3 Å². The quantitative estimate of drug-likeness (QED) is 0.546. The zero-order valence-electron chi connectivity index (χ0n) is 9.59. The Bertz CT molecular complexity index is 368. The maximum atomic E-state index is 9.74. The second kappa shape index (κ2) is 5.64. The molecule has 0 aromatic heterocycles. The van der Waals surface area contributed by atoms with Crippen LogP contribution in [0.2, 0.25) is 0 Å². The maximum absolute atomic E-state index is 9.74. The van der Waals surface area contributed by atoms with Gasteiger partial charge in [0.05, 0.1) is 6.61 Å². The second-order valence-corrected chi connectivity index (χ2v) is 4.13. The molecule has 18 heavy (non-hydrogen) atoms. The number of benzene rings is 1. The van der Waals surface area contributed by atoms with Gasteiger partial charge in [-0.3, -0.25) is 0 Å². The minimum Gasteiger partial charge on any atom is -0.462 e. The smallest absolute Gasteiger partial charge is 0.229 e. The van der Waals surface area contributed by atoms with E-state index in [1.807, 2.05) is 0 Å². The van der Waals surface area contributed by atoms with Gasteiger partial charge in [0.25, 0.3) is 0 Å². The van der Waals surface area contributed by atoms with E-state index >= 15 is 0 Å². The predicted octanol–water partition coefficient (Wildman–Crippen LogP) is -1.13. The van der Waals surface area contributed by atoms with Crippen LogP contribution >= 0.6 is 0 Å². The van der Waals surface area contributed by atoms with Crippen molar-refractivity contribution in [2.75, 3.05) is 6.61 Å². The van der Waals surface area contributed by atoms with Crippen molar-refractivity contribution in [2.24, 2.45) is 0 Å². The molecule has 0 radical (unpaired) electrons. The van der Waals surface area contributed by atoms with E-state index in [-0.39, 0.29) is 0 Å². The molecular weight excluding hydrogens is 240 g/mol. The molecule has 0 bridgehead atoms. The predicted molar refractivity (Wildman–Crippen MR) is 60.8 cm³/mol. The molecule has 0 amide bonds. The summed E-state index contributed by atoms with van der Waals surface area (Å²) in [6, 6.07) is 8.64. The van der Waals surface area contributed by atoms with Gasteiger partial charge in [0.1, 0.15) is 30.2 Å². The first-order valence-electron chi connectivity index (χ1n) is 5.65. The minimum absolute atomic E-state index is 0.460. The molecule has 1 heterocycles. The van der Waals surface area contributed by atoms with Crippen molar-refractivity contribution in [1.82, 2.24) is 0 Å². The summed E-state index contributed by atoms with van der Waals surface area (Å²) in [5.41, 5.74) is 0. The Kier molecular flexibility index (Phi) is 4.15. The molecule has 2 unspecified atom stereocenters. The van der Waals surface area contributed by atoms with Gasteiger partial charge in [-0.15, -0.1) is 0 Å². The van der Waals surface area contributed by atoms with Gasteiger partial charge < -0.3 is 29.9 Å². The van der Waals surface area contributed by atoms with Crippen molar-refractivity contribution >= 4 is 0 Å². The molecule has 1 aliphatic heterocycles. The highest BCUT2D eigenvalue weighted by atomic mass is 16.7. The first-order valence-corrected chi connectivity index (χ1v) is 5.65. The van der Waals surface area contributed by atoms with Crippen molar-refractivity contribution in [3.8, 4) is 5.75 Å². The molecular formula is C12H16O6. The normalized spacial score (nSPS) is 36.3. The topological polar surface area (TPSA) is 99.4 Å². The van der Waals surface area contributed by atoms with Crippen molar-refractivity contribution in [1.29, 1.82) is 0 Å². The average Bonchev–Trinajstić information content (AvgIpc) is 2.40. The van der Waals surface area contributed by atoms with Crippen molar-refractivity contribution in [2.45, 2.75) is 30.7 Å². The van der Waals surface area contributed by atoms with E-state index in [0.29, 0.717) is 5.75 Å². The highest BCUT2D eigenvalue weighted by Gasteiger charge is 2.44. The molecule has 6 heteroatoms. The van der Waals surface area contributed by atoms with Crippen LogP contribution in [0, 0.1) is 0 Å². The van der Waals surface area contributed by atoms with Crippen LogP contribution in [0.1, 0.15) is 0 Å². The first-order chi connectivity index (χ1) is 8.63. The van der Waals surface area contributed by atoms with Gasteiger partial charge in [-0.1, -0.05) is 18.2 Å². The molecule has 1 aromatic rings. The maximum Gasteiger partial charge on any atom is 0.229 e. The summed E-state index contributed by atoms with van der Waals surface area (Å²) in [6.45, 7) is -0.473. The SMILES string of the molecule is OC[C@H]1O[C@@H](Oc2ccccc2)[C@H](O)C(O)C1O. The summed E-state index contributed by atoms with van der Waals surface area (Å²) in [7, 11) is 0. The largest absolute Gasteiger partial charge is 0.462 e. The second-order valence-electron chi connectivity index (χ2n) is 4.13. The molecule has 100 valence electrons. The fourth-order valence-corrected chi connectivity index (χ4v) is 1.80. The number of rotatable bonds is 3. The van der Waals surface area contributed by atoms with E-state index in [1.165, 1.54) is 0 Å². The average molecular weight is 256 g/mol. The van der Waals surface area contributed by atoms with E-state index in [2.05, 4.69) is 0 Å². The number of para-hydroxylation sites is 1. The molecule has 0 spiro atoms. The molecule has 6 nitrogen and oxygen atoms in total. The van der Waals surface area contributed by atoms with Gasteiger partial charge in [0.15, 0.2) is 0 Å². The third-order valence-corrected chi connectivity index (χ3v) is 2.84. The lowest BCUT2D eigenvalue weighted by molar-refractivity contribution is -0.277. The first kappa shape index (κ1) is 13.3. The fourth-order valence-electron chi connectivity index (χ4n) is 1.80. The lowest BCUT2D eigenvalue weighted by Crippen LogP contribution is -2.60. The van der Waals surface area contributed by atoms with Crippen LogP contribution < -0.4 is 4.74 Å². The zero-order valence-corrected chi connectivity index (χ0v) is 9.59. The lowest BCUT2D eigenvalue weighted by atomic mass is 9.99. The Morgan fingerprint density at radius 1 is 1.00 bits per heavy atom. The number of hydrogen-bond acceptors (Lipinski definition) is 6. The van der Waals surface area contributed by atoms with Crippen LogP contribution in [0.3, 0.4) is 0 Å². The third kappa shape index (κ3) is 2.63. The lowest BCUT2D eigenvalue weighted by Gasteiger charge is -2.39. The highest BCUT2D eigenvalue weighted by Crippen LogP contribution is 2.23. The number of aliphatic hydroxyl groups is 4. The molecule has 0 saturated carbocycles. The summed E-state index contributed by atoms with van der Waals surface area (Å²) < 4.78 is 10.6. The molecule has 2 rings (SSSR count). The van der Waals surface area contributed by atoms with E-state index in [0.717, 1.165) is 0 Å². The summed E-state index contributed by atoms with van der Waals surface area (Å²) in [5.74, 6) is 0.460. The van der Waals surface area contributed by atoms with Gasteiger partial charge in [-0.2, -0.15) is 0 Å². The van der Waals surface area contributed by atoms with Gasteiger partial charge in [-0.25, -0.2) is 0 Å². The van der Waals surface area contributed by atoms with Crippen LogP contribution in [0.4, 0.5) is 0 Å². The van der Waals surface area contributed by atoms with Gasteiger partial charge in [-0.05, 0) is 12.1 Å². The molecule has 4 N–H and O–H groups in total. The van der Waals surface area contributed by atoms with Crippen molar-refractivity contribution in [3.63, 3.8) is 0 Å². The summed E-state index contributed by atoms with van der Waals surface area (Å²) in [4.78, 5) is 0. The number of hydrogen-bond donors (Lipinski definition) is 4. The van der Waals surface area contributed by atoms with Crippen LogP contribution in [-0.2, 0) is 4.74 Å². The van der Waals surface area contributed by atoms with E-state index in [4.69, 9.17) is 14.6 Å². The molecule has 1 fully saturated rings. The van der Waals surface area contributed by atoms with E-state index in [1.54, 1.807) is 30.3 Å². The molecule has 5 atom stereocenters. The van der Waals surface area contributed by atoms with Crippen LogP contribution in [0.25, 0.3) is 0 Å². The van der Waals surface area contributed by atoms with E-state index in [9.17, 15) is 15.3 Å². The molecule has 0 aliphatic carbocycles. The van der Waals surface area contributed by atoms with Gasteiger partial charge in [0.2, 0.25) is 6.29 Å². The number of aliphatic hydroxyl groups excluding tert-OH is 4. The Hall–Kier alpha value is -1.18. The Morgan fingerprint density at radius 2 is 1.67 bits per heavy atom.